The predicted molar refractivity (Wildman–Crippen MR) is 49.0 cm³/mol. The van der Waals surface area contributed by atoms with E-state index in [4.69, 9.17) is 0 Å². The first kappa shape index (κ1) is 9.36. The number of urea groups is 1. The van der Waals surface area contributed by atoms with Gasteiger partial charge in [-0.2, -0.15) is 0 Å². The fraction of sp³-hybridized carbons (Fsp3) is 0.889. The molecule has 1 unspecified atom stereocenters. The molecule has 0 spiro atoms. The Labute approximate surface area is 74.1 Å². The van der Waals surface area contributed by atoms with E-state index in [1.807, 2.05) is 0 Å². The zero-order valence-corrected chi connectivity index (χ0v) is 8.13. The summed E-state index contributed by atoms with van der Waals surface area (Å²) in [6.45, 7) is 2.07. The zero-order valence-electron chi connectivity index (χ0n) is 8.13. The lowest BCUT2D eigenvalue weighted by Crippen LogP contribution is -2.40. The van der Waals surface area contributed by atoms with E-state index in [0.717, 1.165) is 12.3 Å². The second-order valence-corrected chi connectivity index (χ2v) is 3.92. The minimum atomic E-state index is 0.0168. The lowest BCUT2D eigenvalue weighted by molar-refractivity contribution is 0.213. The maximum absolute atomic E-state index is 11.2. The van der Waals surface area contributed by atoms with Crippen molar-refractivity contribution in [3.05, 3.63) is 0 Å². The molecular weight excluding hydrogens is 152 g/mol. The number of hydrogen-bond donors (Lipinski definition) is 1. The van der Waals surface area contributed by atoms with Crippen molar-refractivity contribution in [2.24, 2.45) is 5.92 Å². The fourth-order valence-corrected chi connectivity index (χ4v) is 1.25. The van der Waals surface area contributed by atoms with Gasteiger partial charge in [0.1, 0.15) is 0 Å². The molecule has 70 valence electrons. The first-order valence-electron chi connectivity index (χ1n) is 4.57. The van der Waals surface area contributed by atoms with Crippen LogP contribution in [-0.2, 0) is 0 Å². The first-order chi connectivity index (χ1) is 5.59. The van der Waals surface area contributed by atoms with E-state index in [1.54, 1.807) is 19.0 Å². The molecule has 0 aromatic heterocycles. The molecule has 0 saturated heterocycles. The van der Waals surface area contributed by atoms with E-state index in [9.17, 15) is 4.79 Å². The standard InChI is InChI=1S/C9H18N2O/c1-7(6-8-4-5-8)10-9(12)11(2)3/h7-8H,4-6H2,1-3H3,(H,10,12). The maximum atomic E-state index is 11.2. The molecule has 3 heteroatoms. The van der Waals surface area contributed by atoms with Crippen molar-refractivity contribution >= 4 is 6.03 Å². The van der Waals surface area contributed by atoms with Crippen LogP contribution in [0.2, 0.25) is 0 Å². The quantitative estimate of drug-likeness (QED) is 0.683. The second kappa shape index (κ2) is 3.78. The van der Waals surface area contributed by atoms with E-state index in [-0.39, 0.29) is 6.03 Å². The first-order valence-corrected chi connectivity index (χ1v) is 4.57. The SMILES string of the molecule is CC(CC1CC1)NC(=O)N(C)C. The van der Waals surface area contributed by atoms with Crippen molar-refractivity contribution in [2.45, 2.75) is 32.2 Å². The number of rotatable bonds is 3. The number of amides is 2. The molecule has 0 heterocycles. The van der Waals surface area contributed by atoms with E-state index in [2.05, 4.69) is 12.2 Å². The van der Waals surface area contributed by atoms with Gasteiger partial charge in [-0.25, -0.2) is 4.79 Å². The second-order valence-electron chi connectivity index (χ2n) is 3.92. The molecule has 1 N–H and O–H groups in total. The van der Waals surface area contributed by atoms with E-state index in [1.165, 1.54) is 12.8 Å². The van der Waals surface area contributed by atoms with Crippen LogP contribution in [0.3, 0.4) is 0 Å². The molecule has 0 aromatic rings. The number of carbonyl (C=O) groups is 1. The molecule has 2 amide bonds. The Morgan fingerprint density at radius 3 is 2.58 bits per heavy atom. The highest BCUT2D eigenvalue weighted by molar-refractivity contribution is 5.73. The summed E-state index contributed by atoms with van der Waals surface area (Å²) in [7, 11) is 3.53. The molecule has 1 aliphatic carbocycles. The van der Waals surface area contributed by atoms with Crippen LogP contribution in [-0.4, -0.2) is 31.1 Å². The van der Waals surface area contributed by atoms with E-state index < -0.39 is 0 Å². The van der Waals surface area contributed by atoms with Gasteiger partial charge in [0.05, 0.1) is 0 Å². The number of nitrogens with zero attached hydrogens (tertiary/aromatic N) is 1. The van der Waals surface area contributed by atoms with Crippen molar-refractivity contribution in [3.63, 3.8) is 0 Å². The minimum absolute atomic E-state index is 0.0168. The summed E-state index contributed by atoms with van der Waals surface area (Å²) < 4.78 is 0. The average Bonchev–Trinajstić information content (AvgIpc) is 2.71. The van der Waals surface area contributed by atoms with Crippen LogP contribution in [0.5, 0.6) is 0 Å². The Kier molecular flexibility index (Phi) is 2.95. The summed E-state index contributed by atoms with van der Waals surface area (Å²) in [5.41, 5.74) is 0. The van der Waals surface area contributed by atoms with Crippen LogP contribution in [0.1, 0.15) is 26.2 Å². The van der Waals surface area contributed by atoms with Crippen LogP contribution < -0.4 is 5.32 Å². The predicted octanol–water partition coefficient (Wildman–Crippen LogP) is 1.45. The number of nitrogens with one attached hydrogen (secondary N) is 1. The Morgan fingerprint density at radius 1 is 1.58 bits per heavy atom. The summed E-state index contributed by atoms with van der Waals surface area (Å²) in [5, 5.41) is 2.94. The van der Waals surface area contributed by atoms with Gasteiger partial charge in [0.15, 0.2) is 0 Å². The third kappa shape index (κ3) is 3.11. The highest BCUT2D eigenvalue weighted by Gasteiger charge is 2.24. The van der Waals surface area contributed by atoms with E-state index >= 15 is 0 Å². The molecule has 0 aromatic carbocycles. The van der Waals surface area contributed by atoms with Crippen molar-refractivity contribution in [2.75, 3.05) is 14.1 Å². The van der Waals surface area contributed by atoms with Crippen molar-refractivity contribution < 1.29 is 4.79 Å². The summed E-state index contributed by atoms with van der Waals surface area (Å²) >= 11 is 0. The van der Waals surface area contributed by atoms with Gasteiger partial charge in [0, 0.05) is 20.1 Å². The van der Waals surface area contributed by atoms with Gasteiger partial charge < -0.3 is 10.2 Å². The Morgan fingerprint density at radius 2 is 2.17 bits per heavy atom. The molecular formula is C9H18N2O. The van der Waals surface area contributed by atoms with Crippen molar-refractivity contribution in [1.29, 1.82) is 0 Å². The lowest BCUT2D eigenvalue weighted by Gasteiger charge is -2.17. The molecule has 0 bridgehead atoms. The van der Waals surface area contributed by atoms with Crippen molar-refractivity contribution in [1.82, 2.24) is 10.2 Å². The lowest BCUT2D eigenvalue weighted by atomic mass is 10.2. The highest BCUT2D eigenvalue weighted by atomic mass is 16.2. The molecule has 3 nitrogen and oxygen atoms in total. The molecule has 1 rings (SSSR count). The Hall–Kier alpha value is -0.730. The van der Waals surface area contributed by atoms with Crippen LogP contribution >= 0.6 is 0 Å². The highest BCUT2D eigenvalue weighted by Crippen LogP contribution is 2.33. The molecule has 1 fully saturated rings. The van der Waals surface area contributed by atoms with Crippen LogP contribution in [0, 0.1) is 5.92 Å². The van der Waals surface area contributed by atoms with Gasteiger partial charge in [-0.15, -0.1) is 0 Å². The Balaban J connectivity index is 2.15. The van der Waals surface area contributed by atoms with Gasteiger partial charge >= 0.3 is 6.03 Å². The number of carbonyl (C=O) groups excluding carboxylic acids is 1. The van der Waals surface area contributed by atoms with Crippen LogP contribution in [0.4, 0.5) is 4.79 Å². The molecule has 1 aliphatic rings. The summed E-state index contributed by atoms with van der Waals surface area (Å²) in [5.74, 6) is 0.877. The maximum Gasteiger partial charge on any atom is 0.317 e. The third-order valence-electron chi connectivity index (χ3n) is 2.16. The van der Waals surface area contributed by atoms with Gasteiger partial charge in [-0.1, -0.05) is 12.8 Å². The van der Waals surface area contributed by atoms with Gasteiger partial charge in [-0.3, -0.25) is 0 Å². The largest absolute Gasteiger partial charge is 0.336 e. The topological polar surface area (TPSA) is 32.3 Å². The van der Waals surface area contributed by atoms with Gasteiger partial charge in [0.2, 0.25) is 0 Å². The summed E-state index contributed by atoms with van der Waals surface area (Å²) in [4.78, 5) is 12.7. The summed E-state index contributed by atoms with van der Waals surface area (Å²) in [6.07, 6.45) is 3.84. The smallest absolute Gasteiger partial charge is 0.317 e. The van der Waals surface area contributed by atoms with E-state index in [0.29, 0.717) is 6.04 Å². The average molecular weight is 170 g/mol. The molecule has 1 saturated carbocycles. The Bertz CT molecular complexity index is 164. The van der Waals surface area contributed by atoms with Gasteiger partial charge in [-0.05, 0) is 19.3 Å². The molecule has 1 atom stereocenters. The van der Waals surface area contributed by atoms with Gasteiger partial charge in [0.25, 0.3) is 0 Å². The molecule has 12 heavy (non-hydrogen) atoms. The third-order valence-corrected chi connectivity index (χ3v) is 2.16. The van der Waals surface area contributed by atoms with Crippen LogP contribution in [0.25, 0.3) is 0 Å². The zero-order chi connectivity index (χ0) is 9.14. The monoisotopic (exact) mass is 170 g/mol. The fourth-order valence-electron chi connectivity index (χ4n) is 1.25. The summed E-state index contributed by atoms with van der Waals surface area (Å²) in [6, 6.07) is 0.343. The number of hydrogen-bond acceptors (Lipinski definition) is 1. The normalized spacial score (nSPS) is 18.6. The molecule has 0 aliphatic heterocycles. The van der Waals surface area contributed by atoms with Crippen LogP contribution in [0.15, 0.2) is 0 Å². The minimum Gasteiger partial charge on any atom is -0.336 e. The molecule has 0 radical (unpaired) electrons. The van der Waals surface area contributed by atoms with Crippen molar-refractivity contribution in [3.8, 4) is 0 Å².